The molecule has 0 spiro atoms. The highest BCUT2D eigenvalue weighted by Gasteiger charge is 2.39. The van der Waals surface area contributed by atoms with Crippen molar-refractivity contribution in [2.24, 2.45) is 0 Å². The van der Waals surface area contributed by atoms with Gasteiger partial charge < -0.3 is 9.47 Å². The van der Waals surface area contributed by atoms with E-state index in [1.54, 1.807) is 11.9 Å². The number of aromatic nitrogens is 1. The Kier molecular flexibility index (Phi) is 4.38. The maximum Gasteiger partial charge on any atom is 0.343 e. The van der Waals surface area contributed by atoms with E-state index in [0.29, 0.717) is 12.1 Å². The van der Waals surface area contributed by atoms with Gasteiger partial charge in [0.2, 0.25) is 11.7 Å². The number of halogens is 2. The molecular formula is C16H14ClFN2O5. The fourth-order valence-electron chi connectivity index (χ4n) is 2.50. The number of carbonyl (C=O) groups is 2. The summed E-state index contributed by atoms with van der Waals surface area (Å²) in [5.74, 6) is -2.06. The summed E-state index contributed by atoms with van der Waals surface area (Å²) in [6, 6.07) is 2.26. The fourth-order valence-corrected chi connectivity index (χ4v) is 2.66. The Morgan fingerprint density at radius 3 is 2.76 bits per heavy atom. The monoisotopic (exact) mass is 368 g/mol. The SMILES string of the molecule is CCOC(=O)c1cn(N2CC2OC(C)=O)c2cc(Cl)c(F)cc2c1=O. The lowest BCUT2D eigenvalue weighted by atomic mass is 10.1. The van der Waals surface area contributed by atoms with Gasteiger partial charge in [-0.15, -0.1) is 0 Å². The van der Waals surface area contributed by atoms with Crippen LogP contribution < -0.4 is 10.4 Å². The minimum absolute atomic E-state index is 0.0269. The molecule has 0 saturated carbocycles. The van der Waals surface area contributed by atoms with Gasteiger partial charge in [-0.3, -0.25) is 19.3 Å². The molecule has 2 aromatic rings. The highest BCUT2D eigenvalue weighted by Crippen LogP contribution is 2.26. The van der Waals surface area contributed by atoms with Crippen molar-refractivity contribution in [2.75, 3.05) is 18.2 Å². The van der Waals surface area contributed by atoms with Crippen LogP contribution in [0.15, 0.2) is 23.1 Å². The largest absolute Gasteiger partial charge is 0.462 e. The van der Waals surface area contributed by atoms with Crippen molar-refractivity contribution >= 4 is 34.4 Å². The molecule has 0 aliphatic carbocycles. The zero-order valence-electron chi connectivity index (χ0n) is 13.4. The van der Waals surface area contributed by atoms with Crippen LogP contribution in [0.5, 0.6) is 0 Å². The van der Waals surface area contributed by atoms with Crippen molar-refractivity contribution in [3.63, 3.8) is 0 Å². The number of fused-ring (bicyclic) bond motifs is 1. The van der Waals surface area contributed by atoms with Crippen LogP contribution in [0.2, 0.25) is 5.02 Å². The molecule has 0 bridgehead atoms. The van der Waals surface area contributed by atoms with Crippen LogP contribution in [0.1, 0.15) is 24.2 Å². The fraction of sp³-hybridized carbons (Fsp3) is 0.312. The van der Waals surface area contributed by atoms with Crippen LogP contribution >= 0.6 is 11.6 Å². The zero-order valence-corrected chi connectivity index (χ0v) is 14.2. The Hall–Kier alpha value is -2.61. The van der Waals surface area contributed by atoms with Crippen molar-refractivity contribution in [3.05, 3.63) is 45.0 Å². The molecule has 1 aliphatic rings. The summed E-state index contributed by atoms with van der Waals surface area (Å²) in [6.07, 6.45) is 0.738. The molecule has 1 aliphatic heterocycles. The third-order valence-corrected chi connectivity index (χ3v) is 3.93. The van der Waals surface area contributed by atoms with E-state index in [-0.39, 0.29) is 22.6 Å². The minimum atomic E-state index is -0.815. The maximum absolute atomic E-state index is 13.8. The maximum atomic E-state index is 13.8. The molecule has 1 atom stereocenters. The van der Waals surface area contributed by atoms with E-state index in [2.05, 4.69) is 0 Å². The average Bonchev–Trinajstić information content (AvgIpc) is 3.28. The zero-order chi connectivity index (χ0) is 18.3. The molecular weight excluding hydrogens is 355 g/mol. The lowest BCUT2D eigenvalue weighted by molar-refractivity contribution is -0.142. The predicted molar refractivity (Wildman–Crippen MR) is 87.8 cm³/mol. The summed E-state index contributed by atoms with van der Waals surface area (Å²) in [7, 11) is 0. The smallest absolute Gasteiger partial charge is 0.343 e. The first kappa shape index (κ1) is 17.2. The molecule has 1 aromatic heterocycles. The van der Waals surface area contributed by atoms with Crippen LogP contribution in [0.25, 0.3) is 10.9 Å². The Labute approximate surface area is 146 Å². The molecule has 0 amide bonds. The van der Waals surface area contributed by atoms with E-state index in [1.807, 2.05) is 0 Å². The third-order valence-electron chi connectivity index (χ3n) is 3.64. The molecule has 1 unspecified atom stereocenters. The van der Waals surface area contributed by atoms with Gasteiger partial charge in [-0.2, -0.15) is 0 Å². The first-order chi connectivity index (χ1) is 11.8. The molecule has 7 nitrogen and oxygen atoms in total. The predicted octanol–water partition coefficient (Wildman–Crippen LogP) is 1.81. The normalized spacial score (nSPS) is 16.0. The summed E-state index contributed by atoms with van der Waals surface area (Å²) in [5, 5.41) is 1.39. The van der Waals surface area contributed by atoms with E-state index in [9.17, 15) is 18.8 Å². The van der Waals surface area contributed by atoms with Crippen molar-refractivity contribution in [1.29, 1.82) is 0 Å². The van der Waals surface area contributed by atoms with Gasteiger partial charge in [0.25, 0.3) is 0 Å². The highest BCUT2D eigenvalue weighted by molar-refractivity contribution is 6.31. The van der Waals surface area contributed by atoms with Gasteiger partial charge in [0.1, 0.15) is 11.4 Å². The summed E-state index contributed by atoms with van der Waals surface area (Å²) >= 11 is 5.82. The molecule has 132 valence electrons. The van der Waals surface area contributed by atoms with Crippen molar-refractivity contribution in [3.8, 4) is 0 Å². The van der Waals surface area contributed by atoms with Crippen molar-refractivity contribution in [1.82, 2.24) is 4.68 Å². The van der Waals surface area contributed by atoms with E-state index in [4.69, 9.17) is 21.1 Å². The van der Waals surface area contributed by atoms with E-state index >= 15 is 0 Å². The first-order valence-electron chi connectivity index (χ1n) is 7.49. The number of rotatable bonds is 4. The Morgan fingerprint density at radius 1 is 1.40 bits per heavy atom. The molecule has 1 saturated heterocycles. The molecule has 1 fully saturated rings. The summed E-state index contributed by atoms with van der Waals surface area (Å²) < 4.78 is 25.2. The standard InChI is InChI=1S/C16H14ClFN2O5/c1-3-24-16(23)10-6-19(20-7-14(20)25-8(2)21)13-5-11(17)12(18)4-9(13)15(10)22/h4-6,14H,3,7H2,1-2H3. The van der Waals surface area contributed by atoms with Crippen LogP contribution in [0.4, 0.5) is 4.39 Å². The molecule has 2 heterocycles. The molecule has 1 aromatic carbocycles. The van der Waals surface area contributed by atoms with Gasteiger partial charge in [-0.25, -0.2) is 9.18 Å². The minimum Gasteiger partial charge on any atom is -0.462 e. The number of carbonyl (C=O) groups excluding carboxylic acids is 2. The molecule has 0 N–H and O–H groups in total. The van der Waals surface area contributed by atoms with Crippen LogP contribution in [0.3, 0.4) is 0 Å². The highest BCUT2D eigenvalue weighted by atomic mass is 35.5. The number of esters is 2. The Morgan fingerprint density at radius 2 is 2.12 bits per heavy atom. The lowest BCUT2D eigenvalue weighted by Gasteiger charge is -2.15. The third kappa shape index (κ3) is 3.17. The van der Waals surface area contributed by atoms with Crippen LogP contribution in [0, 0.1) is 5.82 Å². The lowest BCUT2D eigenvalue weighted by Crippen LogP contribution is -2.26. The molecule has 25 heavy (non-hydrogen) atoms. The van der Waals surface area contributed by atoms with Crippen molar-refractivity contribution in [2.45, 2.75) is 20.1 Å². The quantitative estimate of drug-likeness (QED) is 0.605. The topological polar surface area (TPSA) is 77.6 Å². The molecule has 3 rings (SSSR count). The average molecular weight is 369 g/mol. The Bertz CT molecular complexity index is 942. The van der Waals surface area contributed by atoms with Gasteiger partial charge in [-0.1, -0.05) is 11.6 Å². The number of hydrogen-bond donors (Lipinski definition) is 0. The van der Waals surface area contributed by atoms with E-state index in [1.165, 1.54) is 23.9 Å². The van der Waals surface area contributed by atoms with Gasteiger partial charge >= 0.3 is 11.9 Å². The summed E-state index contributed by atoms with van der Waals surface area (Å²) in [4.78, 5) is 35.7. The summed E-state index contributed by atoms with van der Waals surface area (Å²) in [5.41, 5.74) is -0.616. The number of pyridine rings is 1. The Balaban J connectivity index is 2.18. The van der Waals surface area contributed by atoms with Gasteiger partial charge in [0.05, 0.1) is 29.1 Å². The number of benzene rings is 1. The van der Waals surface area contributed by atoms with Crippen LogP contribution in [-0.2, 0) is 14.3 Å². The van der Waals surface area contributed by atoms with E-state index < -0.39 is 29.4 Å². The van der Waals surface area contributed by atoms with Gasteiger partial charge in [-0.05, 0) is 19.1 Å². The summed E-state index contributed by atoms with van der Waals surface area (Å²) in [6.45, 7) is 3.33. The second kappa shape index (κ2) is 6.36. The van der Waals surface area contributed by atoms with E-state index in [0.717, 1.165) is 6.07 Å². The molecule has 9 heteroatoms. The molecule has 0 radical (unpaired) electrons. The number of hydrogen-bond acceptors (Lipinski definition) is 6. The first-order valence-corrected chi connectivity index (χ1v) is 7.87. The number of nitrogens with zero attached hydrogens (tertiary/aromatic N) is 2. The second-order valence-electron chi connectivity index (χ2n) is 5.41. The second-order valence-corrected chi connectivity index (χ2v) is 5.81. The van der Waals surface area contributed by atoms with Gasteiger partial charge in [0.15, 0.2) is 0 Å². The van der Waals surface area contributed by atoms with Gasteiger partial charge in [0, 0.05) is 13.1 Å². The van der Waals surface area contributed by atoms with Crippen molar-refractivity contribution < 1.29 is 23.5 Å². The number of ether oxygens (including phenoxy) is 2. The van der Waals surface area contributed by atoms with Crippen LogP contribution in [-0.4, -0.2) is 36.0 Å².